The van der Waals surface area contributed by atoms with Crippen LogP contribution in [0.5, 0.6) is 5.75 Å². The van der Waals surface area contributed by atoms with E-state index in [4.69, 9.17) is 27.6 Å². The number of aromatic carboxylic acids is 3. The fraction of sp³-hybridized carbons (Fsp3) is 0.0435. The zero-order valence-electron chi connectivity index (χ0n) is 17.0. The first-order valence-corrected chi connectivity index (χ1v) is 10.1. The second kappa shape index (κ2) is 8.05. The van der Waals surface area contributed by atoms with Gasteiger partial charge in [0.1, 0.15) is 15.8 Å². The number of benzene rings is 3. The maximum Gasteiger partial charge on any atom is 0.336 e. The van der Waals surface area contributed by atoms with E-state index >= 15 is 0 Å². The van der Waals surface area contributed by atoms with Crippen LogP contribution in [0.25, 0.3) is 33.4 Å². The zero-order valence-corrected chi connectivity index (χ0v) is 18.5. The fourth-order valence-electron chi connectivity index (χ4n) is 3.74. The molecule has 0 amide bonds. The Kier molecular flexibility index (Phi) is 5.47. The second-order valence-corrected chi connectivity index (χ2v) is 8.08. The summed E-state index contributed by atoms with van der Waals surface area (Å²) in [5.74, 6) is -5.32. The van der Waals surface area contributed by atoms with Gasteiger partial charge in [0.05, 0.1) is 16.7 Å². The minimum Gasteiger partial charge on any atom is -0.506 e. The van der Waals surface area contributed by atoms with Crippen LogP contribution >= 0.6 is 23.2 Å². The second-order valence-electron chi connectivity index (χ2n) is 7.32. The van der Waals surface area contributed by atoms with Gasteiger partial charge in [-0.1, -0.05) is 23.2 Å². The van der Waals surface area contributed by atoms with Crippen molar-refractivity contribution >= 4 is 52.1 Å². The number of carboxylic acids is 3. The molecule has 0 aromatic heterocycles. The summed E-state index contributed by atoms with van der Waals surface area (Å²) in [6.07, 6.45) is 0. The van der Waals surface area contributed by atoms with E-state index in [0.717, 1.165) is 12.1 Å². The molecule has 1 aliphatic heterocycles. The van der Waals surface area contributed by atoms with Crippen molar-refractivity contribution in [1.82, 2.24) is 0 Å². The number of hydrogen-bond acceptors (Lipinski definition) is 6. The van der Waals surface area contributed by atoms with Gasteiger partial charge in [-0.2, -0.15) is 0 Å². The first-order valence-electron chi connectivity index (χ1n) is 9.39. The molecular formula is C23H12Cl2O9. The third-order valence-corrected chi connectivity index (χ3v) is 6.01. The normalized spacial score (nSPS) is 11.1. The predicted molar refractivity (Wildman–Crippen MR) is 122 cm³/mol. The lowest BCUT2D eigenvalue weighted by Crippen LogP contribution is -2.13. The first kappa shape index (κ1) is 23.1. The number of aryl methyl sites for hydroxylation is 1. The summed E-state index contributed by atoms with van der Waals surface area (Å²) in [7, 11) is 0. The number of hydrogen-bond donors (Lipinski definition) is 4. The highest BCUT2D eigenvalue weighted by Crippen LogP contribution is 2.47. The van der Waals surface area contributed by atoms with Gasteiger partial charge >= 0.3 is 17.9 Å². The fourth-order valence-corrected chi connectivity index (χ4v) is 4.24. The highest BCUT2D eigenvalue weighted by Gasteiger charge is 2.29. The van der Waals surface area contributed by atoms with Crippen LogP contribution in [0, 0.1) is 6.92 Å². The van der Waals surface area contributed by atoms with Gasteiger partial charge in [-0.05, 0) is 48.4 Å². The predicted octanol–water partition coefficient (Wildman–Crippen LogP) is 4.98. The number of aromatic hydroxyl groups is 1. The number of phenols is 1. The summed E-state index contributed by atoms with van der Waals surface area (Å²) in [6.45, 7) is 1.47. The number of carboxylic acid groups (broad SMARTS) is 3. The molecule has 2 aromatic carbocycles. The molecule has 2 aliphatic rings. The van der Waals surface area contributed by atoms with Crippen LogP contribution in [0.2, 0.25) is 10.0 Å². The maximum absolute atomic E-state index is 12.4. The highest BCUT2D eigenvalue weighted by atomic mass is 35.5. The molecule has 11 heteroatoms. The van der Waals surface area contributed by atoms with E-state index in [9.17, 15) is 39.6 Å². The van der Waals surface area contributed by atoms with Crippen molar-refractivity contribution in [3.8, 4) is 28.2 Å². The third kappa shape index (κ3) is 3.42. The summed E-state index contributed by atoms with van der Waals surface area (Å²) >= 11 is 12.4. The van der Waals surface area contributed by atoms with Crippen LogP contribution in [0.1, 0.15) is 36.6 Å². The Labute approximate surface area is 199 Å². The Bertz CT molecular complexity index is 1600. The SMILES string of the molecule is Cc1cc2c(-c3cc(C(=O)O)c(C(=O)O)cc3C(=O)O)c3ccc(O)c(Cl)c3oc-2c(Cl)c1=O. The van der Waals surface area contributed by atoms with Crippen molar-refractivity contribution in [2.75, 3.05) is 0 Å². The van der Waals surface area contributed by atoms with Crippen LogP contribution in [-0.4, -0.2) is 38.3 Å². The van der Waals surface area contributed by atoms with Gasteiger partial charge in [0, 0.05) is 16.5 Å². The highest BCUT2D eigenvalue weighted by molar-refractivity contribution is 6.37. The Hall–Kier alpha value is -4.08. The molecule has 0 unspecified atom stereocenters. The minimum absolute atomic E-state index is 0.0694. The molecule has 172 valence electrons. The lowest BCUT2D eigenvalue weighted by Gasteiger charge is -2.19. The Morgan fingerprint density at radius 1 is 0.824 bits per heavy atom. The molecule has 4 rings (SSSR count). The summed E-state index contributed by atoms with van der Waals surface area (Å²) in [5.41, 5.74) is -2.40. The number of phenolic OH excluding ortho intramolecular Hbond substituents is 1. The van der Waals surface area contributed by atoms with Gasteiger partial charge in [-0.25, -0.2) is 14.4 Å². The quantitative estimate of drug-likeness (QED) is 0.281. The van der Waals surface area contributed by atoms with Gasteiger partial charge in [-0.3, -0.25) is 4.79 Å². The van der Waals surface area contributed by atoms with Gasteiger partial charge in [-0.15, -0.1) is 0 Å². The maximum atomic E-state index is 12.4. The van der Waals surface area contributed by atoms with Crippen LogP contribution in [0.15, 0.2) is 39.5 Å². The van der Waals surface area contributed by atoms with Crippen LogP contribution in [0.4, 0.5) is 0 Å². The molecule has 9 nitrogen and oxygen atoms in total. The molecular weight excluding hydrogens is 491 g/mol. The van der Waals surface area contributed by atoms with E-state index in [-0.39, 0.29) is 54.8 Å². The molecule has 1 aliphatic carbocycles. The molecule has 0 fully saturated rings. The minimum atomic E-state index is -1.63. The molecule has 0 saturated carbocycles. The summed E-state index contributed by atoms with van der Waals surface area (Å²) < 4.78 is 5.74. The smallest absolute Gasteiger partial charge is 0.336 e. The average Bonchev–Trinajstić information content (AvgIpc) is 2.78. The number of fused-ring (bicyclic) bond motifs is 2. The van der Waals surface area contributed by atoms with Gasteiger partial charge in [0.25, 0.3) is 0 Å². The molecule has 0 bridgehead atoms. The number of rotatable bonds is 4. The van der Waals surface area contributed by atoms with E-state index in [1.165, 1.54) is 25.1 Å². The standard InChI is InChI=1S/C23H12Cl2O9/c1-7-4-13-15(9-5-11(22(30)31)12(23(32)33)6-10(9)21(28)29)8-2-3-14(26)16(24)19(8)34-20(13)17(25)18(7)27/h2-6,26H,1H3,(H,28,29)(H,30,31)(H,32,33). The van der Waals surface area contributed by atoms with Crippen LogP contribution < -0.4 is 5.43 Å². The van der Waals surface area contributed by atoms with Crippen molar-refractivity contribution in [1.29, 1.82) is 0 Å². The largest absolute Gasteiger partial charge is 0.506 e. The Morgan fingerprint density at radius 3 is 2.00 bits per heavy atom. The van der Waals surface area contributed by atoms with Crippen LogP contribution in [-0.2, 0) is 0 Å². The van der Waals surface area contributed by atoms with E-state index in [1.807, 2.05) is 0 Å². The topological polar surface area (TPSA) is 162 Å². The lowest BCUT2D eigenvalue weighted by atomic mass is 9.87. The van der Waals surface area contributed by atoms with Crippen molar-refractivity contribution < 1.29 is 39.2 Å². The molecule has 0 spiro atoms. The van der Waals surface area contributed by atoms with Gasteiger partial charge in [0.15, 0.2) is 11.3 Å². The monoisotopic (exact) mass is 502 g/mol. The van der Waals surface area contributed by atoms with E-state index in [1.54, 1.807) is 0 Å². The van der Waals surface area contributed by atoms with E-state index in [2.05, 4.69) is 0 Å². The summed E-state index contributed by atoms with van der Waals surface area (Å²) in [4.78, 5) is 48.0. The summed E-state index contributed by atoms with van der Waals surface area (Å²) in [5, 5.41) is 38.5. The molecule has 0 saturated heterocycles. The number of halogens is 2. The van der Waals surface area contributed by atoms with Gasteiger partial charge < -0.3 is 24.8 Å². The van der Waals surface area contributed by atoms with E-state index in [0.29, 0.717) is 0 Å². The van der Waals surface area contributed by atoms with Crippen molar-refractivity contribution in [2.24, 2.45) is 0 Å². The average molecular weight is 503 g/mol. The van der Waals surface area contributed by atoms with Crippen molar-refractivity contribution in [3.05, 3.63) is 72.9 Å². The van der Waals surface area contributed by atoms with Crippen molar-refractivity contribution in [2.45, 2.75) is 6.92 Å². The number of carbonyl (C=O) groups is 3. The molecule has 0 radical (unpaired) electrons. The van der Waals surface area contributed by atoms with Crippen LogP contribution in [0.3, 0.4) is 0 Å². The molecule has 0 atom stereocenters. The lowest BCUT2D eigenvalue weighted by molar-refractivity contribution is 0.0649. The molecule has 2 aromatic rings. The van der Waals surface area contributed by atoms with E-state index < -0.39 is 40.0 Å². The van der Waals surface area contributed by atoms with Crippen molar-refractivity contribution in [3.63, 3.8) is 0 Å². The molecule has 1 heterocycles. The first-order chi connectivity index (χ1) is 15.9. The van der Waals surface area contributed by atoms with Gasteiger partial charge in [0.2, 0.25) is 5.43 Å². The molecule has 34 heavy (non-hydrogen) atoms. The third-order valence-electron chi connectivity index (χ3n) is 5.30. The molecule has 4 N–H and O–H groups in total. The zero-order chi connectivity index (χ0) is 25.1. The summed E-state index contributed by atoms with van der Waals surface area (Å²) in [6, 6.07) is 5.62. The Balaban J connectivity index is 2.33. The Morgan fingerprint density at radius 2 is 1.41 bits per heavy atom.